The van der Waals surface area contributed by atoms with Gasteiger partial charge in [-0.2, -0.15) is 13.2 Å². The van der Waals surface area contributed by atoms with Gasteiger partial charge in [-0.3, -0.25) is 29.0 Å². The minimum absolute atomic E-state index is 0.101. The standard InChI is InChI=1S/C37H46F3N5O7/c1-22(2)30(31(49)37(38,39)40)45(34(52)43-18-10-11-25(43)6)32(50)36(41,23(3)4)28(46)19-42-21-35(26-12-8-7-9-13-26,27-16-14-24(5)15-17-27)44(33(42)51)20-29(47)48/h7-9,12-17,22-23,25,30H,10-11,18-21,41H2,1-6H3,(H,47,48)/t25-,30+,35?,36-/m1/s1. The van der Waals surface area contributed by atoms with Crippen molar-refractivity contribution in [2.45, 2.75) is 83.7 Å². The Bertz CT molecular complexity index is 1700. The minimum atomic E-state index is -5.43. The Morgan fingerprint density at radius 3 is 2.02 bits per heavy atom. The van der Waals surface area contributed by atoms with Crippen LogP contribution in [-0.2, 0) is 24.7 Å². The molecule has 4 atom stereocenters. The molecule has 3 N–H and O–H groups in total. The topological polar surface area (TPSA) is 162 Å². The fourth-order valence-electron chi connectivity index (χ4n) is 7.19. The van der Waals surface area contributed by atoms with Gasteiger partial charge in [-0.05, 0) is 49.7 Å². The predicted octanol–water partition coefficient (Wildman–Crippen LogP) is 4.57. The zero-order valence-electron chi connectivity index (χ0n) is 30.1. The summed E-state index contributed by atoms with van der Waals surface area (Å²) in [5, 5.41) is 9.93. The Morgan fingerprint density at radius 1 is 0.962 bits per heavy atom. The van der Waals surface area contributed by atoms with E-state index < -0.39 is 89.8 Å². The third-order valence-corrected chi connectivity index (χ3v) is 10.2. The molecule has 0 spiro atoms. The third-order valence-electron chi connectivity index (χ3n) is 10.2. The number of likely N-dealkylation sites (tertiary alicyclic amines) is 1. The van der Waals surface area contributed by atoms with Gasteiger partial charge in [0.1, 0.15) is 18.1 Å². The maximum absolute atomic E-state index is 14.6. The van der Waals surface area contributed by atoms with Gasteiger partial charge in [0.25, 0.3) is 11.7 Å². The zero-order valence-corrected chi connectivity index (χ0v) is 30.1. The first kappa shape index (κ1) is 40.0. The van der Waals surface area contributed by atoms with E-state index in [0.29, 0.717) is 24.0 Å². The molecule has 0 saturated carbocycles. The molecule has 2 aliphatic heterocycles. The van der Waals surface area contributed by atoms with Crippen LogP contribution >= 0.6 is 0 Å². The van der Waals surface area contributed by atoms with Crippen LogP contribution in [-0.4, -0.2) is 110 Å². The number of benzene rings is 2. The first-order valence-electron chi connectivity index (χ1n) is 17.2. The number of rotatable bonds is 12. The summed E-state index contributed by atoms with van der Waals surface area (Å²) in [5.41, 5.74) is 4.47. The Morgan fingerprint density at radius 2 is 1.54 bits per heavy atom. The molecule has 0 radical (unpaired) electrons. The van der Waals surface area contributed by atoms with Crippen LogP contribution in [0, 0.1) is 18.8 Å². The molecule has 282 valence electrons. The van der Waals surface area contributed by atoms with Crippen molar-refractivity contribution in [1.29, 1.82) is 0 Å². The maximum atomic E-state index is 14.6. The predicted molar refractivity (Wildman–Crippen MR) is 184 cm³/mol. The van der Waals surface area contributed by atoms with Crippen molar-refractivity contribution in [3.63, 3.8) is 0 Å². The van der Waals surface area contributed by atoms with Crippen molar-refractivity contribution < 1.29 is 47.0 Å². The molecule has 52 heavy (non-hydrogen) atoms. The molecule has 2 aliphatic rings. The summed E-state index contributed by atoms with van der Waals surface area (Å²) in [6.07, 6.45) is -4.44. The second-order valence-electron chi connectivity index (χ2n) is 14.4. The van der Waals surface area contributed by atoms with Crippen LogP contribution < -0.4 is 5.73 Å². The normalized spacial score (nSPS) is 21.0. The number of amides is 5. The number of carbonyl (C=O) groups is 6. The smallest absolute Gasteiger partial charge is 0.452 e. The van der Waals surface area contributed by atoms with Gasteiger partial charge in [0.15, 0.2) is 11.3 Å². The molecular formula is C37H46F3N5O7. The fourth-order valence-corrected chi connectivity index (χ4v) is 7.19. The third kappa shape index (κ3) is 7.28. The number of carboxylic acid groups (broad SMARTS) is 1. The van der Waals surface area contributed by atoms with E-state index in [4.69, 9.17) is 5.73 Å². The number of nitrogens with two attached hydrogens (primary N) is 1. The van der Waals surface area contributed by atoms with Crippen LogP contribution in [0.1, 0.15) is 64.2 Å². The molecule has 1 unspecified atom stereocenters. The van der Waals surface area contributed by atoms with Gasteiger partial charge in [-0.15, -0.1) is 0 Å². The lowest BCUT2D eigenvalue weighted by Gasteiger charge is -2.41. The highest BCUT2D eigenvalue weighted by atomic mass is 19.4. The molecule has 5 amide bonds. The van der Waals surface area contributed by atoms with Crippen molar-refractivity contribution >= 4 is 35.5 Å². The van der Waals surface area contributed by atoms with Crippen molar-refractivity contribution in [2.75, 3.05) is 26.2 Å². The highest BCUT2D eigenvalue weighted by Crippen LogP contribution is 2.42. The van der Waals surface area contributed by atoms with E-state index in [0.717, 1.165) is 15.4 Å². The van der Waals surface area contributed by atoms with Gasteiger partial charge in [0.2, 0.25) is 0 Å². The summed E-state index contributed by atoms with van der Waals surface area (Å²) in [4.78, 5) is 85.9. The van der Waals surface area contributed by atoms with Gasteiger partial charge in [0, 0.05) is 12.6 Å². The molecule has 2 aromatic rings. The average Bonchev–Trinajstić information content (AvgIpc) is 3.62. The van der Waals surface area contributed by atoms with Gasteiger partial charge >= 0.3 is 24.2 Å². The van der Waals surface area contributed by atoms with Gasteiger partial charge in [-0.1, -0.05) is 87.9 Å². The molecule has 0 aliphatic carbocycles. The second kappa shape index (κ2) is 15.1. The summed E-state index contributed by atoms with van der Waals surface area (Å²) in [7, 11) is 0. The number of hydrogen-bond donors (Lipinski definition) is 2. The Kier molecular flexibility index (Phi) is 11.6. The van der Waals surface area contributed by atoms with E-state index in [1.54, 1.807) is 61.5 Å². The van der Waals surface area contributed by atoms with Crippen LogP contribution in [0.15, 0.2) is 54.6 Å². The lowest BCUT2D eigenvalue weighted by Crippen LogP contribution is -2.70. The number of ketones is 2. The van der Waals surface area contributed by atoms with Crippen LogP contribution in [0.3, 0.4) is 0 Å². The van der Waals surface area contributed by atoms with Crippen LogP contribution in [0.5, 0.6) is 0 Å². The van der Waals surface area contributed by atoms with E-state index in [2.05, 4.69) is 0 Å². The number of carbonyl (C=O) groups excluding carboxylic acids is 5. The first-order chi connectivity index (χ1) is 24.2. The van der Waals surface area contributed by atoms with Gasteiger partial charge < -0.3 is 20.6 Å². The van der Waals surface area contributed by atoms with Crippen LogP contribution in [0.4, 0.5) is 22.8 Å². The fraction of sp³-hybridized carbons (Fsp3) is 0.514. The molecule has 2 fully saturated rings. The van der Waals surface area contributed by atoms with E-state index in [-0.39, 0.29) is 18.0 Å². The molecule has 0 aromatic heterocycles. The van der Waals surface area contributed by atoms with Crippen molar-refractivity contribution in [3.8, 4) is 0 Å². The van der Waals surface area contributed by atoms with E-state index >= 15 is 0 Å². The summed E-state index contributed by atoms with van der Waals surface area (Å²) >= 11 is 0. The molecule has 2 heterocycles. The minimum Gasteiger partial charge on any atom is -0.480 e. The Hall–Kier alpha value is -4.79. The monoisotopic (exact) mass is 729 g/mol. The molecule has 0 bridgehead atoms. The summed E-state index contributed by atoms with van der Waals surface area (Å²) in [5.74, 6) is -8.67. The highest BCUT2D eigenvalue weighted by Gasteiger charge is 2.58. The maximum Gasteiger partial charge on any atom is 0.452 e. The SMILES string of the molecule is Cc1ccc(C2(c3ccccc3)CN(CC(=O)[C@@](N)(C(=O)N(C(=O)N3CCC[C@H]3C)[C@H](C(=O)C(F)(F)F)C(C)C)C(C)C)C(=O)N2CC(=O)O)cc1. The van der Waals surface area contributed by atoms with E-state index in [9.17, 15) is 47.0 Å². The number of carboxylic acids is 1. The van der Waals surface area contributed by atoms with Crippen LogP contribution in [0.25, 0.3) is 0 Å². The van der Waals surface area contributed by atoms with Crippen molar-refractivity contribution in [3.05, 3.63) is 71.3 Å². The zero-order chi connectivity index (χ0) is 38.9. The number of alkyl halides is 3. The number of hydrogen-bond acceptors (Lipinski definition) is 7. The molecule has 2 aromatic carbocycles. The van der Waals surface area contributed by atoms with Crippen LogP contribution in [0.2, 0.25) is 0 Å². The molecule has 15 heteroatoms. The largest absolute Gasteiger partial charge is 0.480 e. The van der Waals surface area contributed by atoms with Crippen molar-refractivity contribution in [2.24, 2.45) is 17.6 Å². The number of urea groups is 2. The summed E-state index contributed by atoms with van der Waals surface area (Å²) in [6, 6.07) is 10.8. The number of Topliss-reactive ketones (excluding diaryl/α,β-unsaturated/α-hetero) is 2. The van der Waals surface area contributed by atoms with Crippen molar-refractivity contribution in [1.82, 2.24) is 19.6 Å². The summed E-state index contributed by atoms with van der Waals surface area (Å²) in [6.45, 7) is 6.95. The number of imide groups is 1. The second-order valence-corrected chi connectivity index (χ2v) is 14.4. The molecule has 4 rings (SSSR count). The van der Waals surface area contributed by atoms with Gasteiger partial charge in [0.05, 0.1) is 13.1 Å². The van der Waals surface area contributed by atoms with Gasteiger partial charge in [-0.25, -0.2) is 9.59 Å². The number of aryl methyl sites for hydroxylation is 1. The average molecular weight is 730 g/mol. The van der Waals surface area contributed by atoms with E-state index in [1.807, 2.05) is 6.92 Å². The highest BCUT2D eigenvalue weighted by molar-refractivity contribution is 6.17. The number of nitrogens with zero attached hydrogens (tertiary/aromatic N) is 4. The lowest BCUT2D eigenvalue weighted by molar-refractivity contribution is -0.179. The first-order valence-corrected chi connectivity index (χ1v) is 17.2. The lowest BCUT2D eigenvalue weighted by atomic mass is 9.80. The van der Waals surface area contributed by atoms with E-state index in [1.165, 1.54) is 32.6 Å². The summed E-state index contributed by atoms with van der Waals surface area (Å²) < 4.78 is 42.1. The Balaban J connectivity index is 1.83. The Labute approximate surface area is 300 Å². The molecular weight excluding hydrogens is 683 g/mol. The number of aliphatic carboxylic acids is 1. The number of halogens is 3. The quantitative estimate of drug-likeness (QED) is 0.301. The molecule has 12 nitrogen and oxygen atoms in total. The molecule has 2 saturated heterocycles.